The van der Waals surface area contributed by atoms with Crippen LogP contribution in [0.5, 0.6) is 0 Å². The monoisotopic (exact) mass is 281 g/mol. The van der Waals surface area contributed by atoms with E-state index < -0.39 is 0 Å². The van der Waals surface area contributed by atoms with Crippen molar-refractivity contribution in [3.8, 4) is 0 Å². The van der Waals surface area contributed by atoms with E-state index in [-0.39, 0.29) is 36.1 Å². The molecule has 0 aromatic carbocycles. The lowest BCUT2D eigenvalue weighted by Crippen LogP contribution is -2.36. The molecule has 0 aliphatic heterocycles. The fourth-order valence-corrected chi connectivity index (χ4v) is 1.73. The number of nitrogens with zero attached hydrogens (tertiary/aromatic N) is 2. The van der Waals surface area contributed by atoms with Gasteiger partial charge in [-0.05, 0) is 27.7 Å². The highest BCUT2D eigenvalue weighted by molar-refractivity contribution is 5.92. The van der Waals surface area contributed by atoms with Gasteiger partial charge in [0.15, 0.2) is 5.69 Å². The predicted octanol–water partition coefficient (Wildman–Crippen LogP) is 1.96. The van der Waals surface area contributed by atoms with Crippen LogP contribution in [0.4, 0.5) is 0 Å². The maximum absolute atomic E-state index is 11.8. The smallest absolute Gasteiger partial charge is 0.273 e. The van der Waals surface area contributed by atoms with Crippen LogP contribution < -0.4 is 5.32 Å². The number of nitrogens with one attached hydrogen (secondary N) is 1. The molecule has 1 aromatic heterocycles. The molecule has 0 aliphatic carbocycles. The largest absolute Gasteiger partial charge is 0.446 e. The highest BCUT2D eigenvalue weighted by Crippen LogP contribution is 2.10. The predicted molar refractivity (Wildman–Crippen MR) is 75.1 cm³/mol. The highest BCUT2D eigenvalue weighted by atomic mass is 16.3. The Labute approximate surface area is 119 Å². The summed E-state index contributed by atoms with van der Waals surface area (Å²) in [6.45, 7) is 9.71. The first kappa shape index (κ1) is 16.2. The lowest BCUT2D eigenvalue weighted by molar-refractivity contribution is -0.133. The number of carbonyl (C=O) groups excluding carboxylic acids is 2. The molecule has 0 atom stereocenters. The normalized spacial score (nSPS) is 10.9. The molecule has 20 heavy (non-hydrogen) atoms. The van der Waals surface area contributed by atoms with Crippen molar-refractivity contribution in [2.45, 2.75) is 59.7 Å². The topological polar surface area (TPSA) is 75.4 Å². The van der Waals surface area contributed by atoms with Crippen LogP contribution in [0, 0.1) is 0 Å². The fourth-order valence-electron chi connectivity index (χ4n) is 1.73. The summed E-state index contributed by atoms with van der Waals surface area (Å²) in [5.41, 5.74) is 0.237. The molecule has 1 heterocycles. The first-order valence-corrected chi connectivity index (χ1v) is 6.89. The molecule has 0 bridgehead atoms. The van der Waals surface area contributed by atoms with Gasteiger partial charge < -0.3 is 14.6 Å². The van der Waals surface area contributed by atoms with Crippen molar-refractivity contribution in [1.29, 1.82) is 0 Å². The Kier molecular flexibility index (Phi) is 5.73. The van der Waals surface area contributed by atoms with Crippen LogP contribution >= 0.6 is 0 Å². The van der Waals surface area contributed by atoms with Crippen molar-refractivity contribution in [3.05, 3.63) is 17.8 Å². The summed E-state index contributed by atoms with van der Waals surface area (Å²) in [5, 5.41) is 2.74. The highest BCUT2D eigenvalue weighted by Gasteiger charge is 2.19. The summed E-state index contributed by atoms with van der Waals surface area (Å²) < 4.78 is 5.28. The molecule has 1 rings (SSSR count). The number of hydrogen-bond acceptors (Lipinski definition) is 4. The SMILES string of the molecule is CCC(=O)N(Cc1nc(C(=O)NC(C)C)co1)C(C)C. The molecule has 112 valence electrons. The minimum absolute atomic E-state index is 0.0337. The fraction of sp³-hybridized carbons (Fsp3) is 0.643. The van der Waals surface area contributed by atoms with Crippen LogP contribution in [-0.4, -0.2) is 33.8 Å². The van der Waals surface area contributed by atoms with Gasteiger partial charge >= 0.3 is 0 Å². The molecule has 6 heteroatoms. The standard InChI is InChI=1S/C14H23N3O3/c1-6-13(18)17(10(4)5)7-12-16-11(8-20-12)14(19)15-9(2)3/h8-10H,6-7H2,1-5H3,(H,15,19). The van der Waals surface area contributed by atoms with Crippen molar-refractivity contribution >= 4 is 11.8 Å². The molecule has 0 saturated heterocycles. The molecule has 0 spiro atoms. The molecular weight excluding hydrogens is 258 g/mol. The van der Waals surface area contributed by atoms with E-state index in [0.717, 1.165) is 0 Å². The first-order valence-electron chi connectivity index (χ1n) is 6.89. The average Bonchev–Trinajstić information content (AvgIpc) is 2.82. The van der Waals surface area contributed by atoms with Crippen molar-refractivity contribution in [2.24, 2.45) is 0 Å². The maximum atomic E-state index is 11.8. The van der Waals surface area contributed by atoms with Gasteiger partial charge in [-0.1, -0.05) is 6.92 Å². The van der Waals surface area contributed by atoms with Crippen molar-refractivity contribution in [3.63, 3.8) is 0 Å². The zero-order valence-corrected chi connectivity index (χ0v) is 12.8. The Morgan fingerprint density at radius 3 is 2.50 bits per heavy atom. The minimum Gasteiger partial charge on any atom is -0.446 e. The molecule has 0 aliphatic rings. The van der Waals surface area contributed by atoms with Gasteiger partial charge in [-0.15, -0.1) is 0 Å². The number of carbonyl (C=O) groups is 2. The van der Waals surface area contributed by atoms with Crippen LogP contribution in [-0.2, 0) is 11.3 Å². The number of hydrogen-bond donors (Lipinski definition) is 1. The Morgan fingerprint density at radius 2 is 2.00 bits per heavy atom. The van der Waals surface area contributed by atoms with E-state index in [0.29, 0.717) is 12.3 Å². The van der Waals surface area contributed by atoms with E-state index in [4.69, 9.17) is 4.42 Å². The summed E-state index contributed by atoms with van der Waals surface area (Å²) >= 11 is 0. The second kappa shape index (κ2) is 7.07. The van der Waals surface area contributed by atoms with E-state index >= 15 is 0 Å². The Morgan fingerprint density at radius 1 is 1.35 bits per heavy atom. The minimum atomic E-state index is -0.270. The second-order valence-corrected chi connectivity index (χ2v) is 5.22. The average molecular weight is 281 g/mol. The van der Waals surface area contributed by atoms with Crippen LogP contribution in [0.2, 0.25) is 0 Å². The van der Waals surface area contributed by atoms with Crippen molar-refractivity contribution < 1.29 is 14.0 Å². The summed E-state index contributed by atoms with van der Waals surface area (Å²) in [4.78, 5) is 29.4. The molecule has 6 nitrogen and oxygen atoms in total. The maximum Gasteiger partial charge on any atom is 0.273 e. The quantitative estimate of drug-likeness (QED) is 0.865. The summed E-state index contributed by atoms with van der Waals surface area (Å²) in [5.74, 6) is 0.133. The van der Waals surface area contributed by atoms with Crippen LogP contribution in [0.3, 0.4) is 0 Å². The van der Waals surface area contributed by atoms with E-state index in [1.165, 1.54) is 6.26 Å². The molecule has 0 unspecified atom stereocenters. The van der Waals surface area contributed by atoms with Gasteiger partial charge in [0.1, 0.15) is 6.26 Å². The molecular formula is C14H23N3O3. The third kappa shape index (κ3) is 4.36. The number of rotatable bonds is 6. The number of aromatic nitrogens is 1. The van der Waals surface area contributed by atoms with Gasteiger partial charge in [-0.25, -0.2) is 4.98 Å². The van der Waals surface area contributed by atoms with Crippen molar-refractivity contribution in [2.75, 3.05) is 0 Å². The van der Waals surface area contributed by atoms with Gasteiger partial charge in [-0.2, -0.15) is 0 Å². The van der Waals surface area contributed by atoms with Gasteiger partial charge in [0.2, 0.25) is 11.8 Å². The number of oxazole rings is 1. The molecule has 0 radical (unpaired) electrons. The van der Waals surface area contributed by atoms with Crippen LogP contribution in [0.25, 0.3) is 0 Å². The summed E-state index contributed by atoms with van der Waals surface area (Å²) in [6.07, 6.45) is 1.75. The van der Waals surface area contributed by atoms with Crippen LogP contribution in [0.1, 0.15) is 57.4 Å². The molecule has 2 amide bonds. The van der Waals surface area contributed by atoms with Crippen molar-refractivity contribution in [1.82, 2.24) is 15.2 Å². The first-order chi connectivity index (χ1) is 9.35. The number of amides is 2. The Hall–Kier alpha value is -1.85. The van der Waals surface area contributed by atoms with Gasteiger partial charge in [0, 0.05) is 18.5 Å². The van der Waals surface area contributed by atoms with Gasteiger partial charge in [-0.3, -0.25) is 9.59 Å². The third-order valence-electron chi connectivity index (χ3n) is 2.76. The van der Waals surface area contributed by atoms with Gasteiger partial charge in [0.05, 0.1) is 6.54 Å². The van der Waals surface area contributed by atoms with E-state index in [1.807, 2.05) is 34.6 Å². The Bertz CT molecular complexity index is 466. The zero-order chi connectivity index (χ0) is 15.3. The lowest BCUT2D eigenvalue weighted by Gasteiger charge is -2.24. The zero-order valence-electron chi connectivity index (χ0n) is 12.8. The third-order valence-corrected chi connectivity index (χ3v) is 2.76. The molecule has 0 fully saturated rings. The summed E-state index contributed by atoms with van der Waals surface area (Å²) in [6, 6.07) is 0.0961. The molecule has 1 aromatic rings. The summed E-state index contributed by atoms with van der Waals surface area (Å²) in [7, 11) is 0. The van der Waals surface area contributed by atoms with E-state index in [9.17, 15) is 9.59 Å². The lowest BCUT2D eigenvalue weighted by atomic mass is 10.3. The van der Waals surface area contributed by atoms with E-state index in [1.54, 1.807) is 4.90 Å². The molecule has 0 saturated carbocycles. The van der Waals surface area contributed by atoms with Gasteiger partial charge in [0.25, 0.3) is 5.91 Å². The second-order valence-electron chi connectivity index (χ2n) is 5.22. The van der Waals surface area contributed by atoms with E-state index in [2.05, 4.69) is 10.3 Å². The van der Waals surface area contributed by atoms with Crippen LogP contribution in [0.15, 0.2) is 10.7 Å². The Balaban J connectivity index is 2.76. The molecule has 1 N–H and O–H groups in total.